The number of carbonyl (C=O) groups excluding carboxylic acids is 1. The Bertz CT molecular complexity index is 1040. The second-order valence-corrected chi connectivity index (χ2v) is 11.1. The van der Waals surface area contributed by atoms with E-state index in [1.165, 1.54) is 0 Å². The summed E-state index contributed by atoms with van der Waals surface area (Å²) in [4.78, 5) is 16.3. The molecule has 0 bridgehead atoms. The van der Waals surface area contributed by atoms with E-state index in [1.54, 1.807) is 41.3 Å². The summed E-state index contributed by atoms with van der Waals surface area (Å²) in [7, 11) is -3.66. The van der Waals surface area contributed by atoms with Crippen molar-refractivity contribution in [2.75, 3.05) is 35.8 Å². The van der Waals surface area contributed by atoms with Crippen molar-refractivity contribution in [1.29, 1.82) is 0 Å². The highest BCUT2D eigenvalue weighted by molar-refractivity contribution is 9.10. The molecular weight excluding hydrogens is 482 g/mol. The Hall–Kier alpha value is -2.26. The average molecular weight is 510 g/mol. The van der Waals surface area contributed by atoms with Crippen LogP contribution in [-0.2, 0) is 14.8 Å². The van der Waals surface area contributed by atoms with Crippen LogP contribution >= 0.6 is 15.9 Å². The molecule has 1 N–H and O–H groups in total. The number of benzene rings is 2. The number of nitrogens with one attached hydrogen (secondary N) is 1. The number of rotatable bonds is 4. The summed E-state index contributed by atoms with van der Waals surface area (Å²) in [5, 5.41) is 0. The van der Waals surface area contributed by atoms with E-state index < -0.39 is 15.6 Å². The molecule has 9 heteroatoms. The maximum absolute atomic E-state index is 12.6. The molecule has 1 aliphatic rings. The minimum Gasteiger partial charge on any atom is -0.444 e. The molecule has 1 amide bonds. The minimum atomic E-state index is -3.66. The molecule has 0 atom stereocenters. The molecule has 0 radical (unpaired) electrons. The first-order chi connectivity index (χ1) is 14.4. The van der Waals surface area contributed by atoms with Crippen molar-refractivity contribution in [3.8, 4) is 0 Å². The van der Waals surface area contributed by atoms with Gasteiger partial charge in [0.1, 0.15) is 5.60 Å². The first-order valence-corrected chi connectivity index (χ1v) is 12.3. The van der Waals surface area contributed by atoms with E-state index >= 15 is 0 Å². The summed E-state index contributed by atoms with van der Waals surface area (Å²) in [6, 6.07) is 12.1. The molecule has 2 aromatic rings. The van der Waals surface area contributed by atoms with Gasteiger partial charge >= 0.3 is 6.09 Å². The van der Waals surface area contributed by atoms with Crippen molar-refractivity contribution < 1.29 is 17.9 Å². The lowest BCUT2D eigenvalue weighted by Crippen LogP contribution is -2.50. The molecule has 1 aliphatic heterocycles. The highest BCUT2D eigenvalue weighted by atomic mass is 79.9. The lowest BCUT2D eigenvalue weighted by atomic mass is 10.2. The van der Waals surface area contributed by atoms with Gasteiger partial charge in [-0.3, -0.25) is 4.72 Å². The first kappa shape index (κ1) is 23.4. The van der Waals surface area contributed by atoms with Crippen LogP contribution in [0.1, 0.15) is 26.3 Å². The molecule has 31 heavy (non-hydrogen) atoms. The van der Waals surface area contributed by atoms with Crippen LogP contribution in [-0.4, -0.2) is 51.2 Å². The molecule has 0 aromatic heterocycles. The van der Waals surface area contributed by atoms with Gasteiger partial charge in [0.25, 0.3) is 10.0 Å². The van der Waals surface area contributed by atoms with Gasteiger partial charge in [-0.15, -0.1) is 0 Å². The normalized spacial score (nSPS) is 15.0. The molecule has 0 unspecified atom stereocenters. The number of carbonyl (C=O) groups is 1. The van der Waals surface area contributed by atoms with Crippen LogP contribution in [0, 0.1) is 6.92 Å². The summed E-state index contributed by atoms with van der Waals surface area (Å²) >= 11 is 3.56. The Morgan fingerprint density at radius 3 is 2.19 bits per heavy atom. The second-order valence-electron chi connectivity index (χ2n) is 8.54. The highest BCUT2D eigenvalue weighted by Crippen LogP contribution is 2.31. The standard InChI is InChI=1S/C22H28BrN3O4S/c1-16-5-8-18(9-6-16)31(28,29)24-17-7-10-20(19(23)15-17)25-11-13-26(14-12-25)21(27)30-22(2,3)4/h5-10,15,24H,11-14H2,1-4H3. The molecular formula is C22H28BrN3O4S. The smallest absolute Gasteiger partial charge is 0.410 e. The van der Waals surface area contributed by atoms with Crippen molar-refractivity contribution in [3.05, 3.63) is 52.5 Å². The molecule has 1 heterocycles. The Morgan fingerprint density at radius 2 is 1.65 bits per heavy atom. The number of ether oxygens (including phenoxy) is 1. The summed E-state index contributed by atoms with van der Waals surface area (Å²) in [5.74, 6) is 0. The van der Waals surface area contributed by atoms with Gasteiger partial charge in [0, 0.05) is 30.7 Å². The summed E-state index contributed by atoms with van der Waals surface area (Å²) in [6.07, 6.45) is -0.299. The third kappa shape index (κ3) is 6.13. The number of aryl methyl sites for hydroxylation is 1. The van der Waals surface area contributed by atoms with E-state index in [-0.39, 0.29) is 11.0 Å². The Balaban J connectivity index is 1.65. The predicted octanol–water partition coefficient (Wildman–Crippen LogP) is 4.62. The average Bonchev–Trinajstić information content (AvgIpc) is 2.67. The molecule has 3 rings (SSSR count). The number of piperazine rings is 1. The maximum atomic E-state index is 12.6. The van der Waals surface area contributed by atoms with Gasteiger partial charge in [0.2, 0.25) is 0 Å². The maximum Gasteiger partial charge on any atom is 0.410 e. The van der Waals surface area contributed by atoms with E-state index in [0.717, 1.165) is 15.7 Å². The van der Waals surface area contributed by atoms with Crippen LogP contribution in [0.2, 0.25) is 0 Å². The summed E-state index contributed by atoms with van der Waals surface area (Å²) in [5.41, 5.74) is 1.91. The number of hydrogen-bond acceptors (Lipinski definition) is 5. The molecule has 1 saturated heterocycles. The molecule has 0 spiro atoms. The van der Waals surface area contributed by atoms with Crippen molar-refractivity contribution >= 4 is 43.4 Å². The van der Waals surface area contributed by atoms with E-state index in [4.69, 9.17) is 4.74 Å². The van der Waals surface area contributed by atoms with Crippen molar-refractivity contribution in [2.45, 2.75) is 38.2 Å². The lowest BCUT2D eigenvalue weighted by molar-refractivity contribution is 0.0240. The fourth-order valence-corrected chi connectivity index (χ4v) is 4.89. The van der Waals surface area contributed by atoms with Gasteiger partial charge in [-0.25, -0.2) is 13.2 Å². The van der Waals surface area contributed by atoms with E-state index in [0.29, 0.717) is 31.9 Å². The number of sulfonamides is 1. The molecule has 1 fully saturated rings. The summed E-state index contributed by atoms with van der Waals surface area (Å²) in [6.45, 7) is 9.91. The molecule has 7 nitrogen and oxygen atoms in total. The lowest BCUT2D eigenvalue weighted by Gasteiger charge is -2.37. The highest BCUT2D eigenvalue weighted by Gasteiger charge is 2.26. The zero-order valence-electron chi connectivity index (χ0n) is 18.2. The van der Waals surface area contributed by atoms with Crippen LogP contribution in [0.25, 0.3) is 0 Å². The molecule has 0 aliphatic carbocycles. The Labute approximate surface area is 192 Å². The van der Waals surface area contributed by atoms with Gasteiger partial charge in [-0.1, -0.05) is 17.7 Å². The van der Waals surface area contributed by atoms with Gasteiger partial charge in [-0.05, 0) is 74.0 Å². The van der Waals surface area contributed by atoms with Crippen LogP contribution in [0.5, 0.6) is 0 Å². The third-order valence-corrected chi connectivity index (χ3v) is 6.84. The van der Waals surface area contributed by atoms with Gasteiger partial charge in [0.05, 0.1) is 16.3 Å². The van der Waals surface area contributed by atoms with Crippen LogP contribution in [0.15, 0.2) is 51.8 Å². The zero-order valence-corrected chi connectivity index (χ0v) is 20.6. The number of hydrogen-bond donors (Lipinski definition) is 1. The van der Waals surface area contributed by atoms with E-state index in [9.17, 15) is 13.2 Å². The van der Waals surface area contributed by atoms with Crippen LogP contribution < -0.4 is 9.62 Å². The Morgan fingerprint density at radius 1 is 1.03 bits per heavy atom. The van der Waals surface area contributed by atoms with Gasteiger partial charge < -0.3 is 14.5 Å². The third-order valence-electron chi connectivity index (χ3n) is 4.80. The SMILES string of the molecule is Cc1ccc(S(=O)(=O)Nc2ccc(N3CCN(C(=O)OC(C)(C)C)CC3)c(Br)c2)cc1. The second kappa shape index (κ2) is 9.08. The Kier molecular flexibility index (Phi) is 6.85. The summed E-state index contributed by atoms with van der Waals surface area (Å²) < 4.78 is 34.1. The molecule has 168 valence electrons. The van der Waals surface area contributed by atoms with E-state index in [2.05, 4.69) is 25.6 Å². The fourth-order valence-electron chi connectivity index (χ4n) is 3.21. The number of amides is 1. The minimum absolute atomic E-state index is 0.219. The molecule has 0 saturated carbocycles. The van der Waals surface area contributed by atoms with Gasteiger partial charge in [-0.2, -0.15) is 0 Å². The first-order valence-electron chi connectivity index (χ1n) is 10.1. The number of halogens is 1. The van der Waals surface area contributed by atoms with Crippen molar-refractivity contribution in [2.24, 2.45) is 0 Å². The van der Waals surface area contributed by atoms with Crippen molar-refractivity contribution in [1.82, 2.24) is 4.90 Å². The monoisotopic (exact) mass is 509 g/mol. The van der Waals surface area contributed by atoms with Crippen LogP contribution in [0.3, 0.4) is 0 Å². The largest absolute Gasteiger partial charge is 0.444 e. The van der Waals surface area contributed by atoms with Crippen molar-refractivity contribution in [3.63, 3.8) is 0 Å². The fraction of sp³-hybridized carbons (Fsp3) is 0.409. The zero-order chi connectivity index (χ0) is 22.8. The molecule has 2 aromatic carbocycles. The van der Waals surface area contributed by atoms with E-state index in [1.807, 2.05) is 33.8 Å². The number of anilines is 2. The number of nitrogens with zero attached hydrogens (tertiary/aromatic N) is 2. The van der Waals surface area contributed by atoms with Crippen LogP contribution in [0.4, 0.5) is 16.2 Å². The topological polar surface area (TPSA) is 79.0 Å². The van der Waals surface area contributed by atoms with Gasteiger partial charge in [0.15, 0.2) is 0 Å². The predicted molar refractivity (Wildman–Crippen MR) is 126 cm³/mol. The quantitative estimate of drug-likeness (QED) is 0.650.